The lowest BCUT2D eigenvalue weighted by Gasteiger charge is -2.09. The highest BCUT2D eigenvalue weighted by Gasteiger charge is 2.13. The summed E-state index contributed by atoms with van der Waals surface area (Å²) >= 11 is 0. The number of carbonyl (C=O) groups is 1. The molecule has 0 aliphatic heterocycles. The summed E-state index contributed by atoms with van der Waals surface area (Å²) in [6, 6.07) is 6.87. The third-order valence-electron chi connectivity index (χ3n) is 2.63. The Morgan fingerprint density at radius 1 is 1.39 bits per heavy atom. The average molecular weight is 245 g/mol. The minimum absolute atomic E-state index is 0.298. The van der Waals surface area contributed by atoms with Crippen LogP contribution in [0.1, 0.15) is 17.3 Å². The summed E-state index contributed by atoms with van der Waals surface area (Å²) < 4.78 is 1.71. The van der Waals surface area contributed by atoms with Gasteiger partial charge >= 0.3 is 0 Å². The summed E-state index contributed by atoms with van der Waals surface area (Å²) in [5.41, 5.74) is 12.3. The van der Waals surface area contributed by atoms with E-state index in [2.05, 4.69) is 10.3 Å². The van der Waals surface area contributed by atoms with Gasteiger partial charge in [0.1, 0.15) is 5.82 Å². The fourth-order valence-corrected chi connectivity index (χ4v) is 1.69. The monoisotopic (exact) mass is 245 g/mol. The quantitative estimate of drug-likeness (QED) is 0.710. The van der Waals surface area contributed by atoms with Gasteiger partial charge in [0.05, 0.1) is 11.8 Å². The molecule has 0 spiro atoms. The van der Waals surface area contributed by atoms with E-state index in [4.69, 9.17) is 11.5 Å². The van der Waals surface area contributed by atoms with Gasteiger partial charge < -0.3 is 11.5 Å². The molecule has 1 aromatic carbocycles. The number of hydrogen-bond donors (Lipinski definition) is 3. The molecule has 0 saturated heterocycles. The van der Waals surface area contributed by atoms with Gasteiger partial charge in [0.25, 0.3) is 5.91 Å². The van der Waals surface area contributed by atoms with E-state index in [0.717, 1.165) is 0 Å². The zero-order valence-electron chi connectivity index (χ0n) is 10.1. The van der Waals surface area contributed by atoms with Crippen LogP contribution in [-0.2, 0) is 6.54 Å². The Balaban J connectivity index is 2.24. The molecule has 0 saturated carbocycles. The normalized spacial score (nSPS) is 10.3. The van der Waals surface area contributed by atoms with E-state index < -0.39 is 0 Å². The van der Waals surface area contributed by atoms with Crippen molar-refractivity contribution in [2.45, 2.75) is 13.5 Å². The van der Waals surface area contributed by atoms with Crippen LogP contribution >= 0.6 is 0 Å². The topological polar surface area (TPSA) is 99.0 Å². The minimum atomic E-state index is -0.298. The van der Waals surface area contributed by atoms with E-state index in [1.807, 2.05) is 6.92 Å². The summed E-state index contributed by atoms with van der Waals surface area (Å²) in [6.07, 6.45) is 1.51. The Bertz CT molecular complexity index is 576. The third-order valence-corrected chi connectivity index (χ3v) is 2.63. The maximum atomic E-state index is 12.0. The second kappa shape index (κ2) is 4.79. The number of hydrogen-bond acceptors (Lipinski definition) is 4. The first kappa shape index (κ1) is 12.0. The van der Waals surface area contributed by atoms with Crippen molar-refractivity contribution in [1.82, 2.24) is 9.55 Å². The van der Waals surface area contributed by atoms with E-state index in [0.29, 0.717) is 29.6 Å². The molecule has 0 aliphatic carbocycles. The highest BCUT2D eigenvalue weighted by molar-refractivity contribution is 6.07. The van der Waals surface area contributed by atoms with Crippen LogP contribution in [0.5, 0.6) is 0 Å². The minimum Gasteiger partial charge on any atom is -0.398 e. The zero-order chi connectivity index (χ0) is 13.1. The standard InChI is InChI=1S/C12H15N5O/c1-2-17-10(14)7-15-12(17)16-11(18)8-5-3-4-6-9(8)13/h3-7H,2,13-14H2,1H3,(H,15,16,18). The molecule has 6 heteroatoms. The van der Waals surface area contributed by atoms with Crippen LogP contribution in [-0.4, -0.2) is 15.5 Å². The van der Waals surface area contributed by atoms with Crippen LogP contribution in [0.25, 0.3) is 0 Å². The van der Waals surface area contributed by atoms with Crippen LogP contribution in [0.15, 0.2) is 30.5 Å². The Morgan fingerprint density at radius 3 is 2.78 bits per heavy atom. The molecular formula is C12H15N5O. The number of imidazole rings is 1. The SMILES string of the molecule is CCn1c(N)cnc1NC(=O)c1ccccc1N. The number of aromatic nitrogens is 2. The molecular weight excluding hydrogens is 230 g/mol. The van der Waals surface area contributed by atoms with Crippen molar-refractivity contribution in [3.8, 4) is 0 Å². The first-order valence-electron chi connectivity index (χ1n) is 5.60. The lowest BCUT2D eigenvalue weighted by molar-refractivity contribution is 0.102. The average Bonchev–Trinajstić information content (AvgIpc) is 2.70. The van der Waals surface area contributed by atoms with Crippen molar-refractivity contribution in [3.63, 3.8) is 0 Å². The number of nitrogens with one attached hydrogen (secondary N) is 1. The molecule has 2 aromatic rings. The van der Waals surface area contributed by atoms with Gasteiger partial charge in [-0.15, -0.1) is 0 Å². The van der Waals surface area contributed by atoms with Crippen LogP contribution in [0.3, 0.4) is 0 Å². The van der Waals surface area contributed by atoms with E-state index >= 15 is 0 Å². The molecule has 0 unspecified atom stereocenters. The Hall–Kier alpha value is -2.50. The van der Waals surface area contributed by atoms with E-state index in [-0.39, 0.29) is 5.91 Å². The van der Waals surface area contributed by atoms with Gasteiger partial charge in [-0.3, -0.25) is 14.7 Å². The molecule has 18 heavy (non-hydrogen) atoms. The predicted octanol–water partition coefficient (Wildman–Crippen LogP) is 1.32. The first-order chi connectivity index (χ1) is 8.63. The van der Waals surface area contributed by atoms with Crippen molar-refractivity contribution in [1.29, 1.82) is 0 Å². The third kappa shape index (κ3) is 2.13. The number of rotatable bonds is 3. The van der Waals surface area contributed by atoms with Crippen LogP contribution in [0.4, 0.5) is 17.5 Å². The smallest absolute Gasteiger partial charge is 0.260 e. The maximum absolute atomic E-state index is 12.0. The molecule has 1 heterocycles. The fraction of sp³-hybridized carbons (Fsp3) is 0.167. The number of carbonyl (C=O) groups excluding carboxylic acids is 1. The van der Waals surface area contributed by atoms with Crippen molar-refractivity contribution < 1.29 is 4.79 Å². The van der Waals surface area contributed by atoms with Gasteiger partial charge in [-0.05, 0) is 19.1 Å². The Labute approximate surface area is 105 Å². The van der Waals surface area contributed by atoms with Crippen LogP contribution < -0.4 is 16.8 Å². The highest BCUT2D eigenvalue weighted by Crippen LogP contribution is 2.16. The number of nitrogens with zero attached hydrogens (tertiary/aromatic N) is 2. The van der Waals surface area contributed by atoms with E-state index in [1.54, 1.807) is 28.8 Å². The van der Waals surface area contributed by atoms with Gasteiger partial charge in [0.15, 0.2) is 0 Å². The lowest BCUT2D eigenvalue weighted by atomic mass is 10.2. The summed E-state index contributed by atoms with van der Waals surface area (Å²) in [5, 5.41) is 2.69. The van der Waals surface area contributed by atoms with Crippen molar-refractivity contribution in [3.05, 3.63) is 36.0 Å². The largest absolute Gasteiger partial charge is 0.398 e. The molecule has 0 radical (unpaired) electrons. The second-order valence-electron chi connectivity index (χ2n) is 3.79. The van der Waals surface area contributed by atoms with Crippen molar-refractivity contribution in [2.75, 3.05) is 16.8 Å². The molecule has 0 bridgehead atoms. The van der Waals surface area contributed by atoms with Crippen molar-refractivity contribution in [2.24, 2.45) is 0 Å². The molecule has 6 nitrogen and oxygen atoms in total. The summed E-state index contributed by atoms with van der Waals surface area (Å²) in [7, 11) is 0. The van der Waals surface area contributed by atoms with Crippen LogP contribution in [0.2, 0.25) is 0 Å². The molecule has 0 fully saturated rings. The second-order valence-corrected chi connectivity index (χ2v) is 3.79. The summed E-state index contributed by atoms with van der Waals surface area (Å²) in [6.45, 7) is 2.55. The summed E-state index contributed by atoms with van der Waals surface area (Å²) in [4.78, 5) is 16.1. The molecule has 0 aliphatic rings. The number of amides is 1. The zero-order valence-corrected chi connectivity index (χ0v) is 10.1. The number of para-hydroxylation sites is 1. The highest BCUT2D eigenvalue weighted by atomic mass is 16.1. The van der Waals surface area contributed by atoms with E-state index in [1.165, 1.54) is 6.20 Å². The molecule has 94 valence electrons. The predicted molar refractivity (Wildman–Crippen MR) is 71.1 cm³/mol. The molecule has 5 N–H and O–H groups in total. The van der Waals surface area contributed by atoms with Crippen LogP contribution in [0, 0.1) is 0 Å². The maximum Gasteiger partial charge on any atom is 0.260 e. The molecule has 1 amide bonds. The number of benzene rings is 1. The van der Waals surface area contributed by atoms with Crippen molar-refractivity contribution >= 4 is 23.4 Å². The summed E-state index contributed by atoms with van der Waals surface area (Å²) in [5.74, 6) is 0.630. The Kier molecular flexibility index (Phi) is 3.18. The van der Waals surface area contributed by atoms with Gasteiger partial charge in [-0.25, -0.2) is 4.98 Å². The number of anilines is 3. The number of nitrogens with two attached hydrogens (primary N) is 2. The molecule has 0 atom stereocenters. The number of nitrogen functional groups attached to an aromatic ring is 2. The molecule has 2 rings (SSSR count). The van der Waals surface area contributed by atoms with Gasteiger partial charge in [0, 0.05) is 12.2 Å². The van der Waals surface area contributed by atoms with Gasteiger partial charge in [0.2, 0.25) is 5.95 Å². The first-order valence-corrected chi connectivity index (χ1v) is 5.60. The lowest BCUT2D eigenvalue weighted by Crippen LogP contribution is -2.17. The molecule has 1 aromatic heterocycles. The van der Waals surface area contributed by atoms with E-state index in [9.17, 15) is 4.79 Å². The van der Waals surface area contributed by atoms with Gasteiger partial charge in [-0.2, -0.15) is 0 Å². The fourth-order valence-electron chi connectivity index (χ4n) is 1.69. The van der Waals surface area contributed by atoms with Gasteiger partial charge in [-0.1, -0.05) is 12.1 Å². The Morgan fingerprint density at radius 2 is 2.11 bits per heavy atom.